The molecule has 0 fully saturated rings. The van der Waals surface area contributed by atoms with E-state index in [1.54, 1.807) is 7.05 Å². The Kier molecular flexibility index (Phi) is 2.13. The van der Waals surface area contributed by atoms with E-state index in [4.69, 9.17) is 22.3 Å². The number of imidazole rings is 1. The third-order valence-electron chi connectivity index (χ3n) is 1.05. The Morgan fingerprint density at radius 2 is 2.18 bits per heavy atom. The molecule has 1 heterocycles. The van der Waals surface area contributed by atoms with E-state index in [2.05, 4.69) is 4.98 Å². The van der Waals surface area contributed by atoms with Crippen LogP contribution in [0.15, 0.2) is 11.2 Å². The van der Waals surface area contributed by atoms with Crippen LogP contribution in [0.1, 0.15) is 0 Å². The van der Waals surface area contributed by atoms with Crippen molar-refractivity contribution in [3.05, 3.63) is 11.5 Å². The summed E-state index contributed by atoms with van der Waals surface area (Å²) in [5.41, 5.74) is 0. The van der Waals surface area contributed by atoms with Crippen LogP contribution in [-0.2, 0) is 16.1 Å². The maximum absolute atomic E-state index is 10.6. The van der Waals surface area contributed by atoms with Gasteiger partial charge >= 0.3 is 0 Å². The van der Waals surface area contributed by atoms with Crippen LogP contribution in [0.3, 0.4) is 0 Å². The van der Waals surface area contributed by atoms with E-state index >= 15 is 0 Å². The molecule has 0 atom stereocenters. The molecule has 62 valence electrons. The molecule has 0 N–H and O–H groups in total. The number of nitrogens with zero attached hydrogens (tertiary/aromatic N) is 2. The van der Waals surface area contributed by atoms with Crippen molar-refractivity contribution in [3.63, 3.8) is 0 Å². The summed E-state index contributed by atoms with van der Waals surface area (Å²) in [7, 11) is 2.80. The van der Waals surface area contributed by atoms with Gasteiger partial charge in [-0.3, -0.25) is 0 Å². The molecule has 0 unspecified atom stereocenters. The minimum absolute atomic E-state index is 0.0872. The molecule has 0 amide bonds. The first kappa shape index (κ1) is 8.83. The maximum Gasteiger partial charge on any atom is 0.280 e. The van der Waals surface area contributed by atoms with Gasteiger partial charge in [-0.15, -0.1) is 0 Å². The maximum atomic E-state index is 10.6. The molecule has 1 aromatic heterocycles. The van der Waals surface area contributed by atoms with E-state index in [0.717, 1.165) is 0 Å². The predicted octanol–water partition coefficient (Wildman–Crippen LogP) is 1.00. The lowest BCUT2D eigenvalue weighted by Gasteiger charge is -1.85. The van der Waals surface area contributed by atoms with Gasteiger partial charge in [0.1, 0.15) is 0 Å². The quantitative estimate of drug-likeness (QED) is 0.656. The number of halogens is 2. The first-order valence-electron chi connectivity index (χ1n) is 2.55. The Hall–Kier alpha value is -0.260. The number of aryl methyl sites for hydroxylation is 1. The fourth-order valence-electron chi connectivity index (χ4n) is 0.535. The van der Waals surface area contributed by atoms with E-state index in [-0.39, 0.29) is 10.3 Å². The highest BCUT2D eigenvalue weighted by Gasteiger charge is 2.14. The van der Waals surface area contributed by atoms with E-state index in [1.165, 1.54) is 10.8 Å². The average Bonchev–Trinajstić information content (AvgIpc) is 2.11. The Morgan fingerprint density at radius 3 is 2.36 bits per heavy atom. The van der Waals surface area contributed by atoms with Gasteiger partial charge in [-0.05, 0) is 11.6 Å². The molecule has 0 bridgehead atoms. The summed E-state index contributed by atoms with van der Waals surface area (Å²) in [6, 6.07) is 0. The highest BCUT2D eigenvalue weighted by molar-refractivity contribution is 8.13. The number of rotatable bonds is 1. The van der Waals surface area contributed by atoms with Gasteiger partial charge in [0.25, 0.3) is 9.05 Å². The molecule has 0 aliphatic heterocycles. The molecule has 0 aliphatic rings. The van der Waals surface area contributed by atoms with Crippen molar-refractivity contribution in [1.82, 2.24) is 9.55 Å². The van der Waals surface area contributed by atoms with Gasteiger partial charge in [-0.25, -0.2) is 13.4 Å². The predicted molar refractivity (Wildman–Crippen MR) is 41.3 cm³/mol. The average molecular weight is 215 g/mol. The molecule has 0 aromatic carbocycles. The second-order valence-corrected chi connectivity index (χ2v) is 4.75. The fraction of sp³-hybridized carbons (Fsp3) is 0.250. The second-order valence-electron chi connectivity index (χ2n) is 1.90. The summed E-state index contributed by atoms with van der Waals surface area (Å²) in [4.78, 5) is 3.49. The standard InChI is InChI=1S/C4H4Cl2N2O2S/c1-8-2-3(7-4(8)5)11(6,9)10/h2H,1H3. The van der Waals surface area contributed by atoms with E-state index in [9.17, 15) is 8.42 Å². The minimum Gasteiger partial charge on any atom is -0.323 e. The van der Waals surface area contributed by atoms with Crippen LogP contribution in [-0.4, -0.2) is 18.0 Å². The van der Waals surface area contributed by atoms with Crippen molar-refractivity contribution in [2.45, 2.75) is 5.03 Å². The molecule has 0 saturated carbocycles. The van der Waals surface area contributed by atoms with Crippen LogP contribution in [0.25, 0.3) is 0 Å². The minimum atomic E-state index is -3.75. The lowest BCUT2D eigenvalue weighted by Crippen LogP contribution is -1.89. The number of aromatic nitrogens is 2. The van der Waals surface area contributed by atoms with Crippen LogP contribution in [0.4, 0.5) is 0 Å². The largest absolute Gasteiger partial charge is 0.323 e. The zero-order valence-electron chi connectivity index (χ0n) is 5.45. The Morgan fingerprint density at radius 1 is 1.64 bits per heavy atom. The third-order valence-corrected chi connectivity index (χ3v) is 2.57. The van der Waals surface area contributed by atoms with Gasteiger partial charge in [0.2, 0.25) is 5.28 Å². The molecular formula is C4H4Cl2N2O2S. The van der Waals surface area contributed by atoms with Crippen LogP contribution in [0.2, 0.25) is 5.28 Å². The molecule has 0 spiro atoms. The normalized spacial score (nSPS) is 11.9. The summed E-state index contributed by atoms with van der Waals surface area (Å²) in [6.45, 7) is 0. The van der Waals surface area contributed by atoms with Gasteiger partial charge in [0.05, 0.1) is 0 Å². The SMILES string of the molecule is Cn1cc(S(=O)(=O)Cl)nc1Cl. The van der Waals surface area contributed by atoms with Crippen molar-refractivity contribution >= 4 is 31.3 Å². The molecule has 1 aromatic rings. The molecular weight excluding hydrogens is 211 g/mol. The zero-order valence-corrected chi connectivity index (χ0v) is 7.78. The number of hydrogen-bond donors (Lipinski definition) is 0. The zero-order chi connectivity index (χ0) is 8.65. The van der Waals surface area contributed by atoms with Gasteiger partial charge in [0, 0.05) is 23.9 Å². The second kappa shape index (κ2) is 2.66. The van der Waals surface area contributed by atoms with Gasteiger partial charge in [-0.1, -0.05) is 0 Å². The fourth-order valence-corrected chi connectivity index (χ4v) is 1.43. The topological polar surface area (TPSA) is 52.0 Å². The monoisotopic (exact) mass is 214 g/mol. The van der Waals surface area contributed by atoms with Crippen molar-refractivity contribution < 1.29 is 8.42 Å². The molecule has 1 rings (SSSR count). The first-order valence-corrected chi connectivity index (χ1v) is 5.23. The lowest BCUT2D eigenvalue weighted by atomic mass is 10.9. The van der Waals surface area contributed by atoms with Gasteiger partial charge in [0.15, 0.2) is 5.03 Å². The lowest BCUT2D eigenvalue weighted by molar-refractivity contribution is 0.606. The molecule has 0 radical (unpaired) electrons. The number of hydrogen-bond acceptors (Lipinski definition) is 3. The van der Waals surface area contributed by atoms with Crippen LogP contribution in [0, 0.1) is 0 Å². The third kappa shape index (κ3) is 1.85. The van der Waals surface area contributed by atoms with E-state index < -0.39 is 9.05 Å². The highest BCUT2D eigenvalue weighted by atomic mass is 35.7. The van der Waals surface area contributed by atoms with Gasteiger partial charge < -0.3 is 4.57 Å². The molecule has 11 heavy (non-hydrogen) atoms. The smallest absolute Gasteiger partial charge is 0.280 e. The van der Waals surface area contributed by atoms with E-state index in [1.807, 2.05) is 0 Å². The van der Waals surface area contributed by atoms with Crippen LogP contribution in [0.5, 0.6) is 0 Å². The molecule has 0 saturated heterocycles. The Balaban J connectivity index is 3.29. The summed E-state index contributed by atoms with van der Waals surface area (Å²) >= 11 is 5.46. The molecule has 0 aliphatic carbocycles. The molecule has 7 heteroatoms. The molecule has 4 nitrogen and oxygen atoms in total. The van der Waals surface area contributed by atoms with Crippen molar-refractivity contribution in [3.8, 4) is 0 Å². The summed E-state index contributed by atoms with van der Waals surface area (Å²) in [5, 5.41) is -0.143. The van der Waals surface area contributed by atoms with E-state index in [0.29, 0.717) is 0 Å². The van der Waals surface area contributed by atoms with Crippen LogP contribution < -0.4 is 0 Å². The van der Waals surface area contributed by atoms with Gasteiger partial charge in [-0.2, -0.15) is 0 Å². The Bertz CT molecular complexity index is 350. The first-order chi connectivity index (χ1) is 4.91. The summed E-state index contributed by atoms with van der Waals surface area (Å²) < 4.78 is 22.6. The van der Waals surface area contributed by atoms with Crippen LogP contribution >= 0.6 is 22.3 Å². The summed E-state index contributed by atoms with van der Waals surface area (Å²) in [6.07, 6.45) is 1.24. The highest BCUT2D eigenvalue weighted by Crippen LogP contribution is 2.15. The van der Waals surface area contributed by atoms with Crippen molar-refractivity contribution in [2.24, 2.45) is 7.05 Å². The summed E-state index contributed by atoms with van der Waals surface area (Å²) in [5.74, 6) is 0. The van der Waals surface area contributed by atoms with Crippen molar-refractivity contribution in [2.75, 3.05) is 0 Å². The van der Waals surface area contributed by atoms with Crippen molar-refractivity contribution in [1.29, 1.82) is 0 Å². The Labute approximate surface area is 73.2 Å².